The second-order valence-corrected chi connectivity index (χ2v) is 8.29. The van der Waals surface area contributed by atoms with Crippen molar-refractivity contribution in [3.63, 3.8) is 0 Å². The van der Waals surface area contributed by atoms with Gasteiger partial charge in [0.2, 0.25) is 5.91 Å². The lowest BCUT2D eigenvalue weighted by Gasteiger charge is -2.36. The number of anilines is 1. The Morgan fingerprint density at radius 3 is 2.38 bits per heavy atom. The van der Waals surface area contributed by atoms with Crippen molar-refractivity contribution >= 4 is 21.8 Å². The number of halogens is 4. The molecule has 2 N–H and O–H groups in total. The average molecular weight is 431 g/mol. The third-order valence-electron chi connectivity index (χ3n) is 4.63. The Hall–Kier alpha value is -2.50. The van der Waals surface area contributed by atoms with Crippen molar-refractivity contribution in [2.24, 2.45) is 0 Å². The van der Waals surface area contributed by atoms with Crippen LogP contribution in [0.4, 0.5) is 23.2 Å². The van der Waals surface area contributed by atoms with Gasteiger partial charge in [-0.25, -0.2) is 4.39 Å². The van der Waals surface area contributed by atoms with Crippen molar-refractivity contribution in [1.29, 1.82) is 0 Å². The Morgan fingerprint density at radius 1 is 1.14 bits per heavy atom. The average Bonchev–Trinajstić information content (AvgIpc) is 2.64. The first kappa shape index (κ1) is 21.2. The van der Waals surface area contributed by atoms with Crippen LogP contribution in [0.3, 0.4) is 0 Å². The van der Waals surface area contributed by atoms with Crippen molar-refractivity contribution in [3.05, 3.63) is 65.5 Å². The van der Waals surface area contributed by atoms with E-state index in [1.807, 2.05) is 0 Å². The summed E-state index contributed by atoms with van der Waals surface area (Å²) in [5.41, 5.74) is -1.08. The highest BCUT2D eigenvalue weighted by atomic mass is 32.2. The largest absolute Gasteiger partial charge is 0.418 e. The standard InChI is InChI=1S/C18H17F4N3O3S/c1-25-16(17(26)23-14-5-3-2-4-13(14)18(20,21)22)10-15(24-29(25,27)28)11-6-8-12(19)9-7-11/h2-9,15-16,24H,10H2,1H3,(H,23,26)/t15-,16-/m1/s1. The van der Waals surface area contributed by atoms with Gasteiger partial charge in [0.1, 0.15) is 11.9 Å². The molecule has 0 unspecified atom stereocenters. The van der Waals surface area contributed by atoms with Crippen molar-refractivity contribution in [1.82, 2.24) is 9.03 Å². The van der Waals surface area contributed by atoms with Crippen LogP contribution in [0.15, 0.2) is 48.5 Å². The number of nitrogens with zero attached hydrogens (tertiary/aromatic N) is 1. The van der Waals surface area contributed by atoms with E-state index in [0.29, 0.717) is 5.56 Å². The van der Waals surface area contributed by atoms with Gasteiger partial charge in [-0.1, -0.05) is 24.3 Å². The molecule has 2 aromatic rings. The van der Waals surface area contributed by atoms with Gasteiger partial charge < -0.3 is 5.32 Å². The molecule has 3 rings (SSSR count). The predicted molar refractivity (Wildman–Crippen MR) is 97.4 cm³/mol. The lowest BCUT2D eigenvalue weighted by atomic mass is 9.99. The van der Waals surface area contributed by atoms with E-state index < -0.39 is 51.4 Å². The molecule has 6 nitrogen and oxygen atoms in total. The summed E-state index contributed by atoms with van der Waals surface area (Å²) in [6.45, 7) is 0. The molecule has 0 bridgehead atoms. The Kier molecular flexibility index (Phi) is 5.65. The summed E-state index contributed by atoms with van der Waals surface area (Å²) in [6.07, 6.45) is -4.74. The highest BCUT2D eigenvalue weighted by Crippen LogP contribution is 2.35. The van der Waals surface area contributed by atoms with Crippen molar-refractivity contribution in [2.45, 2.75) is 24.7 Å². The summed E-state index contributed by atoms with van der Waals surface area (Å²) in [4.78, 5) is 12.7. The van der Waals surface area contributed by atoms with E-state index >= 15 is 0 Å². The molecule has 0 radical (unpaired) electrons. The summed E-state index contributed by atoms with van der Waals surface area (Å²) in [5, 5.41) is 2.18. The van der Waals surface area contributed by atoms with Gasteiger partial charge >= 0.3 is 6.18 Å². The third kappa shape index (κ3) is 4.57. The van der Waals surface area contributed by atoms with Crippen LogP contribution >= 0.6 is 0 Å². The highest BCUT2D eigenvalue weighted by molar-refractivity contribution is 7.87. The molecule has 1 aliphatic heterocycles. The fraction of sp³-hybridized carbons (Fsp3) is 0.278. The van der Waals surface area contributed by atoms with E-state index in [1.54, 1.807) is 0 Å². The molecule has 29 heavy (non-hydrogen) atoms. The second-order valence-electron chi connectivity index (χ2n) is 6.53. The molecule has 0 aromatic heterocycles. The molecule has 2 aromatic carbocycles. The van der Waals surface area contributed by atoms with Gasteiger partial charge in [-0.3, -0.25) is 4.79 Å². The first-order chi connectivity index (χ1) is 13.5. The van der Waals surface area contributed by atoms with E-state index in [0.717, 1.165) is 35.6 Å². The SMILES string of the molecule is CN1[C@@H](C(=O)Nc2ccccc2C(F)(F)F)C[C@H](c2ccc(F)cc2)NS1(=O)=O. The molecule has 0 spiro atoms. The van der Waals surface area contributed by atoms with Gasteiger partial charge in [0.25, 0.3) is 10.2 Å². The van der Waals surface area contributed by atoms with Crippen LogP contribution in [0, 0.1) is 5.82 Å². The Bertz CT molecular complexity index is 1010. The monoisotopic (exact) mass is 431 g/mol. The molecule has 156 valence electrons. The minimum atomic E-state index is -4.69. The van der Waals surface area contributed by atoms with Crippen molar-refractivity contribution in [2.75, 3.05) is 12.4 Å². The molecular weight excluding hydrogens is 414 g/mol. The zero-order chi connectivity index (χ0) is 21.4. The quantitative estimate of drug-likeness (QED) is 0.734. The molecule has 11 heteroatoms. The predicted octanol–water partition coefficient (Wildman–Crippen LogP) is 3.06. The van der Waals surface area contributed by atoms with E-state index in [4.69, 9.17) is 0 Å². The number of hydrogen-bond acceptors (Lipinski definition) is 3. The molecule has 0 saturated carbocycles. The number of rotatable bonds is 3. The molecule has 1 saturated heterocycles. The number of likely N-dealkylation sites (N-methyl/N-ethyl adjacent to an activating group) is 1. The summed E-state index contributed by atoms with van der Waals surface area (Å²) < 4.78 is 80.6. The highest BCUT2D eigenvalue weighted by Gasteiger charge is 2.41. The van der Waals surface area contributed by atoms with E-state index in [-0.39, 0.29) is 6.42 Å². The van der Waals surface area contributed by atoms with Gasteiger partial charge in [-0.15, -0.1) is 0 Å². The maximum atomic E-state index is 13.2. The molecule has 0 aliphatic carbocycles. The Balaban J connectivity index is 1.88. The van der Waals surface area contributed by atoms with Crippen LogP contribution in [0.5, 0.6) is 0 Å². The van der Waals surface area contributed by atoms with E-state index in [1.165, 1.54) is 24.3 Å². The number of alkyl halides is 3. The van der Waals surface area contributed by atoms with Crippen LogP contribution in [-0.2, 0) is 21.2 Å². The minimum Gasteiger partial charge on any atom is -0.324 e. The zero-order valence-corrected chi connectivity index (χ0v) is 15.9. The molecule has 1 fully saturated rings. The summed E-state index contributed by atoms with van der Waals surface area (Å²) in [5.74, 6) is -1.41. The fourth-order valence-electron chi connectivity index (χ4n) is 3.08. The number of carbonyl (C=O) groups excluding carboxylic acids is 1. The molecule has 1 aliphatic rings. The van der Waals surface area contributed by atoms with Crippen molar-refractivity contribution < 1.29 is 30.8 Å². The molecule has 2 atom stereocenters. The Labute approximate surface area is 164 Å². The maximum absolute atomic E-state index is 13.2. The van der Waals surface area contributed by atoms with Crippen LogP contribution in [-0.4, -0.2) is 31.7 Å². The first-order valence-corrected chi connectivity index (χ1v) is 9.91. The van der Waals surface area contributed by atoms with Crippen molar-refractivity contribution in [3.8, 4) is 0 Å². The maximum Gasteiger partial charge on any atom is 0.418 e. The second kappa shape index (κ2) is 7.73. The van der Waals surface area contributed by atoms with Crippen LogP contribution < -0.4 is 10.0 Å². The summed E-state index contributed by atoms with van der Waals surface area (Å²) >= 11 is 0. The molecule has 1 amide bonds. The Morgan fingerprint density at radius 2 is 1.76 bits per heavy atom. The number of carbonyl (C=O) groups is 1. The van der Waals surface area contributed by atoms with E-state index in [2.05, 4.69) is 10.0 Å². The number of para-hydroxylation sites is 1. The van der Waals surface area contributed by atoms with Crippen LogP contribution in [0.25, 0.3) is 0 Å². The molecular formula is C18H17F4N3O3S. The van der Waals surface area contributed by atoms with Gasteiger partial charge in [0.15, 0.2) is 0 Å². The lowest BCUT2D eigenvalue weighted by Crippen LogP contribution is -2.56. The first-order valence-electron chi connectivity index (χ1n) is 8.47. The number of benzene rings is 2. The van der Waals surface area contributed by atoms with Gasteiger partial charge in [-0.2, -0.15) is 30.6 Å². The normalized spacial score (nSPS) is 22.2. The molecule has 1 heterocycles. The van der Waals surface area contributed by atoms with Crippen LogP contribution in [0.2, 0.25) is 0 Å². The zero-order valence-electron chi connectivity index (χ0n) is 15.1. The van der Waals surface area contributed by atoms with Gasteiger partial charge in [0.05, 0.1) is 11.3 Å². The third-order valence-corrected chi connectivity index (χ3v) is 6.23. The van der Waals surface area contributed by atoms with Gasteiger partial charge in [0, 0.05) is 13.1 Å². The number of nitrogens with one attached hydrogen (secondary N) is 2. The minimum absolute atomic E-state index is 0.0542. The smallest absolute Gasteiger partial charge is 0.324 e. The van der Waals surface area contributed by atoms with Crippen LogP contribution in [0.1, 0.15) is 23.6 Å². The van der Waals surface area contributed by atoms with Gasteiger partial charge in [-0.05, 0) is 36.2 Å². The summed E-state index contributed by atoms with van der Waals surface area (Å²) in [6, 6.07) is 7.37. The topological polar surface area (TPSA) is 78.5 Å². The lowest BCUT2D eigenvalue weighted by molar-refractivity contribution is -0.137. The fourth-order valence-corrected chi connectivity index (χ4v) is 4.35. The summed E-state index contributed by atoms with van der Waals surface area (Å²) in [7, 11) is -2.93. The number of amides is 1. The van der Waals surface area contributed by atoms with E-state index in [9.17, 15) is 30.8 Å². The number of hydrogen-bond donors (Lipinski definition) is 2.